The summed E-state index contributed by atoms with van der Waals surface area (Å²) in [5.41, 5.74) is 2.56. The van der Waals surface area contributed by atoms with Gasteiger partial charge in [0.1, 0.15) is 11.5 Å². The first-order valence-corrected chi connectivity index (χ1v) is 11.0. The van der Waals surface area contributed by atoms with E-state index in [2.05, 4.69) is 52.3 Å². The van der Waals surface area contributed by atoms with Crippen LogP contribution in [-0.4, -0.2) is 51.5 Å². The van der Waals surface area contributed by atoms with E-state index in [4.69, 9.17) is 4.98 Å². The molecule has 0 bridgehead atoms. The lowest BCUT2D eigenvalue weighted by molar-refractivity contribution is 0.100. The summed E-state index contributed by atoms with van der Waals surface area (Å²) < 4.78 is 2.02. The molecule has 1 aliphatic rings. The Kier molecular flexibility index (Phi) is 6.18. The van der Waals surface area contributed by atoms with Gasteiger partial charge in [0, 0.05) is 51.2 Å². The summed E-state index contributed by atoms with van der Waals surface area (Å²) in [5, 5.41) is 7.43. The summed E-state index contributed by atoms with van der Waals surface area (Å²) in [6.45, 7) is 12.9. The Hall–Kier alpha value is -3.00. The van der Waals surface area contributed by atoms with E-state index in [0.29, 0.717) is 29.3 Å². The van der Waals surface area contributed by atoms with Crippen LogP contribution in [0.2, 0.25) is 0 Å². The van der Waals surface area contributed by atoms with E-state index in [9.17, 15) is 4.79 Å². The zero-order valence-corrected chi connectivity index (χ0v) is 18.7. The molecule has 3 aromatic rings. The number of fused-ring (bicyclic) bond motifs is 1. The third-order valence-electron chi connectivity index (χ3n) is 6.07. The number of hydrogen-bond donors (Lipinski definition) is 2. The molecule has 0 aromatic carbocycles. The van der Waals surface area contributed by atoms with E-state index in [0.717, 1.165) is 49.4 Å². The molecule has 1 fully saturated rings. The molecule has 0 amide bonds. The molecule has 8 nitrogen and oxygen atoms in total. The van der Waals surface area contributed by atoms with Crippen molar-refractivity contribution < 1.29 is 4.79 Å². The van der Waals surface area contributed by atoms with E-state index in [1.807, 2.05) is 22.9 Å². The fourth-order valence-electron chi connectivity index (χ4n) is 3.76. The lowest BCUT2D eigenvalue weighted by Crippen LogP contribution is -2.43. The van der Waals surface area contributed by atoms with Gasteiger partial charge in [-0.3, -0.25) is 4.79 Å². The van der Waals surface area contributed by atoms with Crippen molar-refractivity contribution in [3.05, 3.63) is 36.3 Å². The minimum atomic E-state index is 0.0358. The van der Waals surface area contributed by atoms with Crippen molar-refractivity contribution >= 4 is 34.3 Å². The fourth-order valence-corrected chi connectivity index (χ4v) is 3.76. The summed E-state index contributed by atoms with van der Waals surface area (Å²) in [7, 11) is 0. The Bertz CT molecular complexity index is 1050. The number of Topliss-reactive ketones (excluding diaryl/α,β-unsaturated/α-hetero) is 1. The van der Waals surface area contributed by atoms with E-state index in [-0.39, 0.29) is 5.78 Å². The minimum absolute atomic E-state index is 0.0358. The van der Waals surface area contributed by atoms with Crippen molar-refractivity contribution in [1.29, 1.82) is 0 Å². The number of carbonyl (C=O) groups excluding carboxylic acids is 1. The predicted octanol–water partition coefficient (Wildman–Crippen LogP) is 3.47. The van der Waals surface area contributed by atoms with Crippen molar-refractivity contribution in [1.82, 2.24) is 24.8 Å². The number of nitrogens with one attached hydrogen (secondary N) is 2. The quantitative estimate of drug-likeness (QED) is 0.565. The standard InChI is InChI=1S/C23H31N7O/c1-15(2)16(3)14-30-20(17(4)31)11-18-12-26-23(28-22(18)30)27-21-6-5-19(13-25-21)29-9-7-24-8-10-29/h5-6,11-13,15-16,24H,7-10,14H2,1-4H3,(H,25,26,27,28)/t16-/m0/s1. The molecule has 0 spiro atoms. The highest BCUT2D eigenvalue weighted by molar-refractivity contribution is 5.97. The maximum Gasteiger partial charge on any atom is 0.230 e. The van der Waals surface area contributed by atoms with Crippen molar-refractivity contribution in [2.75, 3.05) is 36.4 Å². The van der Waals surface area contributed by atoms with Crippen molar-refractivity contribution in [2.45, 2.75) is 34.2 Å². The van der Waals surface area contributed by atoms with Crippen LogP contribution < -0.4 is 15.5 Å². The maximum absolute atomic E-state index is 12.2. The summed E-state index contributed by atoms with van der Waals surface area (Å²) in [6, 6.07) is 5.90. The highest BCUT2D eigenvalue weighted by atomic mass is 16.1. The Morgan fingerprint density at radius 1 is 1.16 bits per heavy atom. The first kappa shape index (κ1) is 21.2. The van der Waals surface area contributed by atoms with Gasteiger partial charge in [-0.25, -0.2) is 9.97 Å². The normalized spacial score (nSPS) is 15.5. The second kappa shape index (κ2) is 9.01. The van der Waals surface area contributed by atoms with Crippen LogP contribution in [0.3, 0.4) is 0 Å². The lowest BCUT2D eigenvalue weighted by atomic mass is 9.98. The smallest absolute Gasteiger partial charge is 0.230 e. The van der Waals surface area contributed by atoms with Crippen LogP contribution in [0.5, 0.6) is 0 Å². The molecule has 0 saturated carbocycles. The molecule has 31 heavy (non-hydrogen) atoms. The van der Waals surface area contributed by atoms with Crippen LogP contribution in [0.4, 0.5) is 17.5 Å². The van der Waals surface area contributed by atoms with Gasteiger partial charge in [0.2, 0.25) is 5.95 Å². The van der Waals surface area contributed by atoms with Gasteiger partial charge in [0.25, 0.3) is 0 Å². The predicted molar refractivity (Wildman–Crippen MR) is 124 cm³/mol. The van der Waals surface area contributed by atoms with E-state index in [1.165, 1.54) is 0 Å². The van der Waals surface area contributed by atoms with Crippen LogP contribution in [0.1, 0.15) is 38.2 Å². The number of hydrogen-bond acceptors (Lipinski definition) is 7. The summed E-state index contributed by atoms with van der Waals surface area (Å²) in [4.78, 5) is 28.3. The highest BCUT2D eigenvalue weighted by Crippen LogP contribution is 2.24. The molecular formula is C23H31N7O. The molecule has 2 N–H and O–H groups in total. The van der Waals surface area contributed by atoms with Gasteiger partial charge < -0.3 is 20.1 Å². The number of anilines is 3. The van der Waals surface area contributed by atoms with Crippen LogP contribution in [0.25, 0.3) is 11.0 Å². The Balaban J connectivity index is 1.58. The molecule has 1 atom stereocenters. The molecule has 0 unspecified atom stereocenters. The number of nitrogens with zero attached hydrogens (tertiary/aromatic N) is 5. The van der Waals surface area contributed by atoms with Crippen LogP contribution in [0.15, 0.2) is 30.6 Å². The van der Waals surface area contributed by atoms with E-state index < -0.39 is 0 Å². The van der Waals surface area contributed by atoms with Crippen LogP contribution >= 0.6 is 0 Å². The number of aromatic nitrogens is 4. The maximum atomic E-state index is 12.2. The number of carbonyl (C=O) groups is 1. The second-order valence-corrected chi connectivity index (χ2v) is 8.65. The molecule has 8 heteroatoms. The molecule has 4 heterocycles. The molecule has 3 aromatic heterocycles. The SMILES string of the molecule is CC(=O)c1cc2cnc(Nc3ccc(N4CCNCC4)cn3)nc2n1C[C@H](C)C(C)C. The number of piperazine rings is 1. The Labute approximate surface area is 183 Å². The van der Waals surface area contributed by atoms with Gasteiger partial charge >= 0.3 is 0 Å². The summed E-state index contributed by atoms with van der Waals surface area (Å²) >= 11 is 0. The molecule has 4 rings (SSSR count). The monoisotopic (exact) mass is 421 g/mol. The molecular weight excluding hydrogens is 390 g/mol. The van der Waals surface area contributed by atoms with Gasteiger partial charge in [0.05, 0.1) is 17.6 Å². The lowest BCUT2D eigenvalue weighted by Gasteiger charge is -2.29. The topological polar surface area (TPSA) is 88.0 Å². The molecule has 1 saturated heterocycles. The first-order valence-electron chi connectivity index (χ1n) is 11.0. The first-order chi connectivity index (χ1) is 14.9. The largest absolute Gasteiger partial charge is 0.368 e. The van der Waals surface area contributed by atoms with Gasteiger partial charge in [-0.1, -0.05) is 20.8 Å². The Morgan fingerprint density at radius 2 is 1.94 bits per heavy atom. The zero-order chi connectivity index (χ0) is 22.0. The van der Waals surface area contributed by atoms with E-state index in [1.54, 1.807) is 13.1 Å². The minimum Gasteiger partial charge on any atom is -0.368 e. The molecule has 164 valence electrons. The second-order valence-electron chi connectivity index (χ2n) is 8.65. The average molecular weight is 422 g/mol. The molecule has 1 aliphatic heterocycles. The van der Waals surface area contributed by atoms with Crippen molar-refractivity contribution in [2.24, 2.45) is 11.8 Å². The summed E-state index contributed by atoms with van der Waals surface area (Å²) in [6.07, 6.45) is 3.65. The zero-order valence-electron chi connectivity index (χ0n) is 18.7. The molecule has 0 radical (unpaired) electrons. The average Bonchev–Trinajstić information content (AvgIpc) is 3.13. The van der Waals surface area contributed by atoms with Crippen molar-refractivity contribution in [3.8, 4) is 0 Å². The van der Waals surface area contributed by atoms with Crippen molar-refractivity contribution in [3.63, 3.8) is 0 Å². The Morgan fingerprint density at radius 3 is 2.58 bits per heavy atom. The van der Waals surface area contributed by atoms with Gasteiger partial charge in [0.15, 0.2) is 5.78 Å². The highest BCUT2D eigenvalue weighted by Gasteiger charge is 2.18. The summed E-state index contributed by atoms with van der Waals surface area (Å²) in [5.74, 6) is 2.13. The fraction of sp³-hybridized carbons (Fsp3) is 0.478. The van der Waals surface area contributed by atoms with Crippen LogP contribution in [0, 0.1) is 11.8 Å². The van der Waals surface area contributed by atoms with Gasteiger partial charge in [-0.15, -0.1) is 0 Å². The number of pyridine rings is 1. The number of ketones is 1. The van der Waals surface area contributed by atoms with Gasteiger partial charge in [-0.2, -0.15) is 4.98 Å². The van der Waals surface area contributed by atoms with E-state index >= 15 is 0 Å². The van der Waals surface area contributed by atoms with Crippen LogP contribution in [-0.2, 0) is 6.54 Å². The number of rotatable bonds is 7. The molecule has 0 aliphatic carbocycles. The third-order valence-corrected chi connectivity index (χ3v) is 6.07. The third kappa shape index (κ3) is 4.69. The van der Waals surface area contributed by atoms with Gasteiger partial charge in [-0.05, 0) is 30.0 Å².